The maximum absolute atomic E-state index is 12.6. The molecular formula is C34H52O8Si2. The van der Waals surface area contributed by atoms with Crippen molar-refractivity contribution in [1.29, 1.82) is 0 Å². The molecule has 0 heterocycles. The lowest BCUT2D eigenvalue weighted by molar-refractivity contribution is -0.0985. The summed E-state index contributed by atoms with van der Waals surface area (Å²) in [6.07, 6.45) is -1.30. The van der Waals surface area contributed by atoms with Crippen LogP contribution < -0.4 is 0 Å². The number of ether oxygens (including phenoxy) is 2. The highest BCUT2D eigenvalue weighted by atomic mass is 28.4. The van der Waals surface area contributed by atoms with Crippen molar-refractivity contribution in [2.75, 3.05) is 13.2 Å². The first-order valence-corrected chi connectivity index (χ1v) is 20.9. The molecule has 2 rings (SSSR count). The Morgan fingerprint density at radius 3 is 1.61 bits per heavy atom. The molecule has 0 aliphatic rings. The van der Waals surface area contributed by atoms with Crippen molar-refractivity contribution >= 4 is 28.6 Å². The van der Waals surface area contributed by atoms with E-state index in [-0.39, 0.29) is 16.7 Å². The largest absolute Gasteiger partial charge is 0.459 e. The Labute approximate surface area is 265 Å². The van der Waals surface area contributed by atoms with E-state index in [1.54, 1.807) is 66.7 Å². The van der Waals surface area contributed by atoms with Crippen molar-refractivity contribution in [2.45, 2.75) is 102 Å². The van der Waals surface area contributed by atoms with Crippen LogP contribution in [0.3, 0.4) is 0 Å². The molecule has 44 heavy (non-hydrogen) atoms. The number of hydrogen-bond acceptors (Lipinski definition) is 8. The van der Waals surface area contributed by atoms with Gasteiger partial charge in [0, 0.05) is 0 Å². The molecule has 0 unspecified atom stereocenters. The zero-order valence-electron chi connectivity index (χ0n) is 28.0. The molecular weight excluding hydrogens is 593 g/mol. The van der Waals surface area contributed by atoms with Crippen molar-refractivity contribution < 1.29 is 38.1 Å². The number of benzene rings is 2. The summed E-state index contributed by atoms with van der Waals surface area (Å²) in [6, 6.07) is 17.2. The SMILES string of the molecule is CC(C)(C)[Si](C)(C)O[C@@H]([C@@H](O)[C@@H](O)COC(=O)c1ccccc1)[C@H](/C=C\COC(=O)c1ccccc1)O[Si](C)(C)C(C)(C)C. The highest BCUT2D eigenvalue weighted by molar-refractivity contribution is 6.74. The normalized spacial score (nSPS) is 15.8. The van der Waals surface area contributed by atoms with Crippen LogP contribution in [-0.2, 0) is 18.3 Å². The third kappa shape index (κ3) is 10.8. The summed E-state index contributed by atoms with van der Waals surface area (Å²) >= 11 is 0. The van der Waals surface area contributed by atoms with Gasteiger partial charge in [0.05, 0.1) is 17.2 Å². The standard InChI is InChI=1S/C34H52O8Si2/c1-33(2,3)43(7,8)41-28(22-17-23-39-31(37)25-18-13-11-14-19-25)30(42-44(9,10)34(4,5)6)29(36)27(35)24-40-32(38)26-20-15-12-16-21-26/h11-22,27-30,35-36H,23-24H2,1-10H3/b22-17-/t27-,28-,29-,30+/m0/s1. The maximum Gasteiger partial charge on any atom is 0.338 e. The molecule has 10 heteroatoms. The Morgan fingerprint density at radius 2 is 1.16 bits per heavy atom. The Hall–Kier alpha value is -2.61. The van der Waals surface area contributed by atoms with Crippen molar-refractivity contribution in [3.05, 3.63) is 83.9 Å². The summed E-state index contributed by atoms with van der Waals surface area (Å²) in [5.74, 6) is -1.06. The van der Waals surface area contributed by atoms with Gasteiger partial charge in [-0.25, -0.2) is 9.59 Å². The molecule has 0 saturated carbocycles. The van der Waals surface area contributed by atoms with Crippen LogP contribution in [-0.4, -0.2) is 76.4 Å². The molecule has 2 N–H and O–H groups in total. The second-order valence-corrected chi connectivity index (χ2v) is 23.6. The first-order chi connectivity index (χ1) is 20.3. The number of rotatable bonds is 14. The number of carbonyl (C=O) groups is 2. The van der Waals surface area contributed by atoms with Gasteiger partial charge < -0.3 is 28.5 Å². The van der Waals surface area contributed by atoms with E-state index in [4.69, 9.17) is 18.3 Å². The summed E-state index contributed by atoms with van der Waals surface area (Å²) < 4.78 is 24.4. The molecule has 4 atom stereocenters. The molecule has 0 amide bonds. The topological polar surface area (TPSA) is 112 Å². The first-order valence-electron chi connectivity index (χ1n) is 15.1. The fraction of sp³-hybridized carbons (Fsp3) is 0.529. The maximum atomic E-state index is 12.6. The zero-order chi connectivity index (χ0) is 33.3. The van der Waals surface area contributed by atoms with E-state index in [0.717, 1.165) is 0 Å². The van der Waals surface area contributed by atoms with Crippen LogP contribution in [0.2, 0.25) is 36.3 Å². The minimum absolute atomic E-state index is 0.0226. The number of aliphatic hydroxyl groups excluding tert-OH is 2. The highest BCUT2D eigenvalue weighted by Crippen LogP contribution is 2.41. The molecule has 8 nitrogen and oxygen atoms in total. The zero-order valence-corrected chi connectivity index (χ0v) is 30.0. The number of carbonyl (C=O) groups excluding carboxylic acids is 2. The van der Waals surface area contributed by atoms with E-state index in [2.05, 4.69) is 67.7 Å². The molecule has 2 aromatic rings. The second-order valence-electron chi connectivity index (χ2n) is 14.1. The van der Waals surface area contributed by atoms with Gasteiger partial charge in [-0.1, -0.05) is 84.0 Å². The van der Waals surface area contributed by atoms with E-state index >= 15 is 0 Å². The van der Waals surface area contributed by atoms with E-state index < -0.39 is 59.6 Å². The van der Waals surface area contributed by atoms with Crippen LogP contribution >= 0.6 is 0 Å². The smallest absolute Gasteiger partial charge is 0.338 e. The van der Waals surface area contributed by atoms with Gasteiger partial charge in [0.2, 0.25) is 0 Å². The van der Waals surface area contributed by atoms with Crippen LogP contribution in [0.25, 0.3) is 0 Å². The Balaban J connectivity index is 2.39. The van der Waals surface area contributed by atoms with Gasteiger partial charge in [0.25, 0.3) is 0 Å². The fourth-order valence-electron chi connectivity index (χ4n) is 3.69. The second kappa shape index (κ2) is 15.6. The van der Waals surface area contributed by atoms with Crippen molar-refractivity contribution in [1.82, 2.24) is 0 Å². The highest BCUT2D eigenvalue weighted by Gasteiger charge is 2.47. The summed E-state index contributed by atoms with van der Waals surface area (Å²) in [4.78, 5) is 25.0. The third-order valence-electron chi connectivity index (χ3n) is 8.57. The lowest BCUT2D eigenvalue weighted by Crippen LogP contribution is -2.57. The lowest BCUT2D eigenvalue weighted by atomic mass is 10.0. The van der Waals surface area contributed by atoms with Crippen LogP contribution in [0.4, 0.5) is 0 Å². The Bertz CT molecular complexity index is 1220. The Morgan fingerprint density at radius 1 is 0.727 bits per heavy atom. The predicted octanol–water partition coefficient (Wildman–Crippen LogP) is 6.76. The summed E-state index contributed by atoms with van der Waals surface area (Å²) in [7, 11) is -4.98. The van der Waals surface area contributed by atoms with Crippen LogP contribution in [0.1, 0.15) is 62.3 Å². The van der Waals surface area contributed by atoms with Crippen molar-refractivity contribution in [2.24, 2.45) is 0 Å². The third-order valence-corrected chi connectivity index (χ3v) is 17.5. The number of esters is 2. The molecule has 0 aliphatic carbocycles. The van der Waals surface area contributed by atoms with Crippen LogP contribution in [0, 0.1) is 0 Å². The molecule has 0 saturated heterocycles. The quantitative estimate of drug-likeness (QED) is 0.132. The first kappa shape index (κ1) is 37.6. The van der Waals surface area contributed by atoms with Gasteiger partial charge in [0.15, 0.2) is 16.6 Å². The minimum atomic E-state index is -2.53. The number of hydrogen-bond donors (Lipinski definition) is 2. The van der Waals surface area contributed by atoms with Gasteiger partial charge in [-0.05, 0) is 66.6 Å². The molecule has 0 bridgehead atoms. The van der Waals surface area contributed by atoms with Gasteiger partial charge in [-0.3, -0.25) is 0 Å². The van der Waals surface area contributed by atoms with Crippen molar-refractivity contribution in [3.8, 4) is 0 Å². The molecule has 0 aromatic heterocycles. The Kier molecular flexibility index (Phi) is 13.3. The summed E-state index contributed by atoms with van der Waals surface area (Å²) in [5.41, 5.74) is 0.785. The average Bonchev–Trinajstić information content (AvgIpc) is 2.95. The number of aliphatic hydroxyl groups is 2. The van der Waals surface area contributed by atoms with E-state index in [0.29, 0.717) is 11.1 Å². The lowest BCUT2D eigenvalue weighted by Gasteiger charge is -2.46. The minimum Gasteiger partial charge on any atom is -0.459 e. The monoisotopic (exact) mass is 644 g/mol. The van der Waals surface area contributed by atoms with Crippen LogP contribution in [0.5, 0.6) is 0 Å². The van der Waals surface area contributed by atoms with E-state index in [1.807, 2.05) is 6.07 Å². The summed E-state index contributed by atoms with van der Waals surface area (Å²) in [6.45, 7) is 20.4. The van der Waals surface area contributed by atoms with Gasteiger partial charge in [-0.2, -0.15) is 0 Å². The van der Waals surface area contributed by atoms with Crippen LogP contribution in [0.15, 0.2) is 72.8 Å². The van der Waals surface area contributed by atoms with Gasteiger partial charge >= 0.3 is 11.9 Å². The van der Waals surface area contributed by atoms with E-state index in [1.165, 1.54) is 0 Å². The average molecular weight is 645 g/mol. The molecule has 0 aliphatic heterocycles. The predicted molar refractivity (Wildman–Crippen MR) is 179 cm³/mol. The summed E-state index contributed by atoms with van der Waals surface area (Å²) in [5, 5.41) is 22.4. The molecule has 244 valence electrons. The van der Waals surface area contributed by atoms with Gasteiger partial charge in [-0.15, -0.1) is 0 Å². The molecule has 0 radical (unpaired) electrons. The van der Waals surface area contributed by atoms with Crippen molar-refractivity contribution in [3.63, 3.8) is 0 Å². The molecule has 2 aromatic carbocycles. The molecule has 0 fully saturated rings. The molecule has 0 spiro atoms. The van der Waals surface area contributed by atoms with Gasteiger partial charge in [0.1, 0.15) is 31.5 Å². The van der Waals surface area contributed by atoms with E-state index in [9.17, 15) is 19.8 Å². The fourth-order valence-corrected chi connectivity index (χ4v) is 6.24.